The van der Waals surface area contributed by atoms with E-state index >= 15 is 4.39 Å². The van der Waals surface area contributed by atoms with Crippen LogP contribution in [-0.2, 0) is 14.5 Å². The zero-order chi connectivity index (χ0) is 23.2. The summed E-state index contributed by atoms with van der Waals surface area (Å²) >= 11 is 0. The van der Waals surface area contributed by atoms with Gasteiger partial charge in [-0.3, -0.25) is 0 Å². The van der Waals surface area contributed by atoms with Crippen LogP contribution in [0.15, 0.2) is 41.0 Å². The number of hydrogen-bond acceptors (Lipinski definition) is 8. The van der Waals surface area contributed by atoms with Crippen molar-refractivity contribution in [3.63, 3.8) is 0 Å². The first kappa shape index (κ1) is 24.2. The van der Waals surface area contributed by atoms with Gasteiger partial charge in [-0.05, 0) is 31.0 Å². The predicted molar refractivity (Wildman–Crippen MR) is 126 cm³/mol. The van der Waals surface area contributed by atoms with E-state index in [1.165, 1.54) is 30.6 Å². The van der Waals surface area contributed by atoms with Gasteiger partial charge < -0.3 is 19.9 Å². The third-order valence-electron chi connectivity index (χ3n) is 5.58. The number of nitrogens with zero attached hydrogens (tertiary/aromatic N) is 3. The largest absolute Gasteiger partial charge is 0.483 e. The lowest BCUT2D eigenvalue weighted by Crippen LogP contribution is -2.30. The van der Waals surface area contributed by atoms with Crippen molar-refractivity contribution in [2.45, 2.75) is 37.7 Å². The molecule has 5 rings (SSSR count). The van der Waals surface area contributed by atoms with E-state index in [1.54, 1.807) is 12.3 Å². The Hall–Kier alpha value is -2.89. The molecule has 1 aromatic heterocycles. The number of fused-ring (bicyclic) bond motifs is 1. The van der Waals surface area contributed by atoms with Gasteiger partial charge in [-0.2, -0.15) is 4.36 Å². The highest BCUT2D eigenvalue weighted by molar-refractivity contribution is 7.93. The molecule has 0 bridgehead atoms. The van der Waals surface area contributed by atoms with E-state index < -0.39 is 33.6 Å². The molecule has 1 aliphatic carbocycles. The Bertz CT molecular complexity index is 1340. The Labute approximate surface area is 196 Å². The Morgan fingerprint density at radius 1 is 1.21 bits per heavy atom. The maximum atomic E-state index is 15.1. The number of hydrogen-bond donors (Lipinski definition) is 2. The monoisotopic (exact) mass is 492 g/mol. The van der Waals surface area contributed by atoms with Crippen LogP contribution in [0.5, 0.6) is 5.75 Å². The van der Waals surface area contributed by atoms with Gasteiger partial charge in [-0.25, -0.2) is 23.0 Å². The second kappa shape index (κ2) is 9.40. The Morgan fingerprint density at radius 2 is 2.00 bits per heavy atom. The van der Waals surface area contributed by atoms with Crippen molar-refractivity contribution in [2.24, 2.45) is 4.36 Å². The molecule has 0 amide bonds. The summed E-state index contributed by atoms with van der Waals surface area (Å²) in [6.07, 6.45) is 3.06. The van der Waals surface area contributed by atoms with Crippen LogP contribution in [0.25, 0.3) is 10.9 Å². The second-order valence-electron chi connectivity index (χ2n) is 8.22. The number of anilines is 2. The molecule has 2 aliphatic rings. The normalized spacial score (nSPS) is 21.5. The van der Waals surface area contributed by atoms with Crippen LogP contribution in [0.1, 0.15) is 20.3 Å². The van der Waals surface area contributed by atoms with Gasteiger partial charge in [0.25, 0.3) is 0 Å². The minimum Gasteiger partial charge on any atom is -0.483 e. The Kier molecular flexibility index (Phi) is 6.70. The minimum atomic E-state index is -2.44. The molecule has 0 spiro atoms. The van der Waals surface area contributed by atoms with Crippen molar-refractivity contribution < 1.29 is 27.6 Å². The lowest BCUT2D eigenvalue weighted by Gasteiger charge is -2.19. The number of aliphatic hydroxyl groups is 1. The molecule has 2 fully saturated rings. The number of aliphatic hydroxyl groups excluding tert-OH is 1. The van der Waals surface area contributed by atoms with Crippen LogP contribution in [-0.4, -0.2) is 56.2 Å². The maximum absolute atomic E-state index is 15.1. The molecule has 2 aromatic carbocycles. The standard InChI is InChI=1S/C22H22F2N4O4S.CH4/c1-33(30,14-3-4-14)28-13-7-15(24)21-17(8-13)25-11-26-22(21)27-16-5-2-12(23)6-19(16)32-20-10-31-9-18(20)29;/h2,5-8,11,14,18,20,29H,3-4,9-10H2,1H3,(H,25,26,27);1H4/t18-,20+,33?;/m0./s1. The summed E-state index contributed by atoms with van der Waals surface area (Å²) in [7, 11) is -2.44. The lowest BCUT2D eigenvalue weighted by atomic mass is 10.2. The summed E-state index contributed by atoms with van der Waals surface area (Å²) in [4.78, 5) is 8.28. The number of rotatable bonds is 6. The summed E-state index contributed by atoms with van der Waals surface area (Å²) in [5.74, 6) is -0.904. The molecule has 11 heteroatoms. The average Bonchev–Trinajstić information content (AvgIpc) is 3.54. The van der Waals surface area contributed by atoms with E-state index in [0.29, 0.717) is 5.69 Å². The molecule has 2 heterocycles. The molecule has 2 N–H and O–H groups in total. The van der Waals surface area contributed by atoms with Gasteiger partial charge in [0, 0.05) is 23.6 Å². The lowest BCUT2D eigenvalue weighted by molar-refractivity contribution is 0.0736. The molecule has 3 aromatic rings. The number of ether oxygens (including phenoxy) is 2. The van der Waals surface area contributed by atoms with E-state index in [4.69, 9.17) is 9.47 Å². The number of aromatic nitrogens is 2. The first-order chi connectivity index (χ1) is 15.8. The minimum absolute atomic E-state index is 0. The molecular weight excluding hydrogens is 466 g/mol. The van der Waals surface area contributed by atoms with Crippen LogP contribution in [0.4, 0.5) is 26.0 Å². The fourth-order valence-electron chi connectivity index (χ4n) is 3.69. The number of nitrogens with one attached hydrogen (secondary N) is 1. The van der Waals surface area contributed by atoms with Crippen LogP contribution in [0, 0.1) is 11.6 Å². The van der Waals surface area contributed by atoms with Gasteiger partial charge in [0.1, 0.15) is 35.6 Å². The van der Waals surface area contributed by atoms with Gasteiger partial charge in [0.15, 0.2) is 6.10 Å². The van der Waals surface area contributed by atoms with Crippen LogP contribution >= 0.6 is 0 Å². The third-order valence-corrected chi connectivity index (χ3v) is 7.86. The van der Waals surface area contributed by atoms with Crippen molar-refractivity contribution in [3.05, 3.63) is 48.3 Å². The quantitative estimate of drug-likeness (QED) is 0.528. The van der Waals surface area contributed by atoms with Gasteiger partial charge in [-0.1, -0.05) is 7.43 Å². The highest BCUT2D eigenvalue weighted by atomic mass is 32.2. The molecule has 3 atom stereocenters. The van der Waals surface area contributed by atoms with Gasteiger partial charge in [-0.15, -0.1) is 0 Å². The Balaban J connectivity index is 0.00000274. The van der Waals surface area contributed by atoms with E-state index in [-0.39, 0.29) is 54.0 Å². The molecule has 8 nitrogen and oxygen atoms in total. The zero-order valence-electron chi connectivity index (χ0n) is 17.7. The van der Waals surface area contributed by atoms with Crippen LogP contribution in [0.2, 0.25) is 0 Å². The average molecular weight is 493 g/mol. The molecule has 1 saturated heterocycles. The van der Waals surface area contributed by atoms with Crippen LogP contribution < -0.4 is 10.1 Å². The van der Waals surface area contributed by atoms with E-state index in [9.17, 15) is 13.7 Å². The number of benzene rings is 2. The smallest absolute Gasteiger partial charge is 0.150 e. The summed E-state index contributed by atoms with van der Waals surface area (Å²) in [5, 5.41) is 13.1. The summed E-state index contributed by atoms with van der Waals surface area (Å²) in [6.45, 7) is 0.290. The molecular formula is C23H26F2N4O4S. The zero-order valence-corrected chi connectivity index (χ0v) is 18.5. The summed E-state index contributed by atoms with van der Waals surface area (Å²) in [6, 6.07) is 6.59. The van der Waals surface area contributed by atoms with Crippen molar-refractivity contribution in [1.82, 2.24) is 9.97 Å². The first-order valence-corrected chi connectivity index (χ1v) is 12.4. The Morgan fingerprint density at radius 3 is 2.71 bits per heavy atom. The van der Waals surface area contributed by atoms with Crippen molar-refractivity contribution >= 4 is 37.8 Å². The highest BCUT2D eigenvalue weighted by Crippen LogP contribution is 2.36. The van der Waals surface area contributed by atoms with E-state index in [2.05, 4.69) is 19.6 Å². The molecule has 34 heavy (non-hydrogen) atoms. The predicted octanol–water partition coefficient (Wildman–Crippen LogP) is 4.32. The van der Waals surface area contributed by atoms with Gasteiger partial charge in [0.2, 0.25) is 0 Å². The summed E-state index contributed by atoms with van der Waals surface area (Å²) in [5.41, 5.74) is 0.862. The molecule has 1 unspecified atom stereocenters. The first-order valence-electron chi connectivity index (χ1n) is 10.4. The molecule has 182 valence electrons. The second-order valence-corrected chi connectivity index (χ2v) is 10.8. The van der Waals surface area contributed by atoms with Crippen molar-refractivity contribution in [3.8, 4) is 5.75 Å². The molecule has 1 saturated carbocycles. The summed E-state index contributed by atoms with van der Waals surface area (Å²) < 4.78 is 56.9. The van der Waals surface area contributed by atoms with Gasteiger partial charge in [0.05, 0.1) is 45.2 Å². The number of halogens is 2. The highest BCUT2D eigenvalue weighted by Gasteiger charge is 2.31. The van der Waals surface area contributed by atoms with Crippen molar-refractivity contribution in [1.29, 1.82) is 0 Å². The topological polar surface area (TPSA) is 106 Å². The van der Waals surface area contributed by atoms with Crippen molar-refractivity contribution in [2.75, 3.05) is 24.8 Å². The third kappa shape index (κ3) is 4.96. The van der Waals surface area contributed by atoms with Gasteiger partial charge >= 0.3 is 0 Å². The fraction of sp³-hybridized carbons (Fsp3) is 0.391. The fourth-order valence-corrected chi connectivity index (χ4v) is 5.37. The molecule has 1 aliphatic heterocycles. The SMILES string of the molecule is C.CS(=O)(=Nc1cc(F)c2c(Nc3ccc(F)cc3O[C@@H]3COC[C@@H]3O)ncnc2c1)C1CC1. The van der Waals surface area contributed by atoms with E-state index in [0.717, 1.165) is 12.8 Å². The van der Waals surface area contributed by atoms with E-state index in [1.807, 2.05) is 0 Å². The maximum Gasteiger partial charge on any atom is 0.150 e. The molecule has 0 radical (unpaired) electrons. The van der Waals surface area contributed by atoms with Crippen LogP contribution in [0.3, 0.4) is 0 Å².